The second-order valence-electron chi connectivity index (χ2n) is 11.1. The van der Waals surface area contributed by atoms with Crippen LogP contribution < -0.4 is 15.0 Å². The molecule has 10 nitrogen and oxygen atoms in total. The number of nitrogens with one attached hydrogen (secondary N) is 1. The van der Waals surface area contributed by atoms with E-state index in [1.165, 1.54) is 19.5 Å². The van der Waals surface area contributed by atoms with Gasteiger partial charge in [-0.2, -0.15) is 0 Å². The maximum atomic E-state index is 14.6. The van der Waals surface area contributed by atoms with E-state index < -0.39 is 16.8 Å². The minimum atomic E-state index is -0.608. The number of piperidine rings is 1. The Morgan fingerprint density at radius 1 is 1.22 bits per heavy atom. The number of likely N-dealkylation sites (tertiary alicyclic amines) is 1. The number of hydrogen-bond acceptors (Lipinski definition) is 8. The predicted molar refractivity (Wildman–Crippen MR) is 156 cm³/mol. The number of benzene rings is 2. The molecule has 2 amide bonds. The smallest absolute Gasteiger partial charge is 0.410 e. The molecule has 0 saturated carbocycles. The van der Waals surface area contributed by atoms with E-state index in [2.05, 4.69) is 15.3 Å². The Bertz CT molecular complexity index is 1410. The molecule has 2 heterocycles. The number of methoxy groups -OCH3 is 2. The lowest BCUT2D eigenvalue weighted by Gasteiger charge is -2.43. The fourth-order valence-electron chi connectivity index (χ4n) is 4.97. The monoisotopic (exact) mass is 587 g/mol. The average molecular weight is 588 g/mol. The number of carbonyl (C=O) groups excluding carboxylic acids is 2. The summed E-state index contributed by atoms with van der Waals surface area (Å²) in [5.74, 6) is 0.161. The van der Waals surface area contributed by atoms with Crippen LogP contribution in [-0.2, 0) is 14.3 Å². The topological polar surface area (TPSA) is 106 Å². The van der Waals surface area contributed by atoms with Crippen LogP contribution in [0.4, 0.5) is 26.4 Å². The fraction of sp³-hybridized carbons (Fsp3) is 0.448. The maximum absolute atomic E-state index is 14.6. The van der Waals surface area contributed by atoms with Gasteiger partial charge < -0.3 is 29.3 Å². The highest BCUT2D eigenvalue weighted by atomic mass is 35.5. The van der Waals surface area contributed by atoms with Crippen molar-refractivity contribution in [1.29, 1.82) is 0 Å². The Kier molecular flexibility index (Phi) is 9.18. The van der Waals surface area contributed by atoms with Gasteiger partial charge >= 0.3 is 6.09 Å². The molecule has 0 spiro atoms. The lowest BCUT2D eigenvalue weighted by molar-refractivity contribution is -0.108. The van der Waals surface area contributed by atoms with Gasteiger partial charge in [0, 0.05) is 43.6 Å². The van der Waals surface area contributed by atoms with Crippen LogP contribution in [0.1, 0.15) is 33.6 Å². The highest BCUT2D eigenvalue weighted by Crippen LogP contribution is 2.39. The fourth-order valence-corrected chi connectivity index (χ4v) is 5.15. The minimum absolute atomic E-state index is 0.0241. The van der Waals surface area contributed by atoms with Crippen LogP contribution >= 0.6 is 11.6 Å². The molecule has 0 atom stereocenters. The predicted octanol–water partition coefficient (Wildman–Crippen LogP) is 5.80. The summed E-state index contributed by atoms with van der Waals surface area (Å²) in [4.78, 5) is 37.1. The van der Waals surface area contributed by atoms with E-state index in [1.807, 2.05) is 20.8 Å². The third kappa shape index (κ3) is 6.97. The average Bonchev–Trinajstić information content (AvgIpc) is 2.93. The molecule has 1 aliphatic heterocycles. The first kappa shape index (κ1) is 30.3. The maximum Gasteiger partial charge on any atom is 0.410 e. The summed E-state index contributed by atoms with van der Waals surface area (Å²) in [6, 6.07) is 8.08. The number of nitrogens with zero attached hydrogens (tertiary/aromatic N) is 4. The Hall–Kier alpha value is -3.70. The molecule has 1 saturated heterocycles. The number of fused-ring (bicyclic) bond motifs is 1. The molecule has 0 unspecified atom stereocenters. The third-order valence-electron chi connectivity index (χ3n) is 7.01. The summed E-state index contributed by atoms with van der Waals surface area (Å²) < 4.78 is 31.4. The minimum Gasteiger partial charge on any atom is -0.494 e. The van der Waals surface area contributed by atoms with Crippen molar-refractivity contribution in [2.45, 2.75) is 39.2 Å². The normalized spacial score (nSPS) is 15.0. The van der Waals surface area contributed by atoms with E-state index in [4.69, 9.17) is 25.8 Å². The number of rotatable bonds is 9. The van der Waals surface area contributed by atoms with Crippen molar-refractivity contribution in [3.63, 3.8) is 0 Å². The highest BCUT2D eigenvalue weighted by Gasteiger charge is 2.39. The van der Waals surface area contributed by atoms with Crippen LogP contribution in [0.5, 0.6) is 5.75 Å². The molecule has 1 N–H and O–H groups in total. The number of halogens is 2. The van der Waals surface area contributed by atoms with Gasteiger partial charge in [-0.3, -0.25) is 4.79 Å². The number of carbonyl (C=O) groups is 2. The van der Waals surface area contributed by atoms with Gasteiger partial charge in [0.15, 0.2) is 5.82 Å². The molecule has 3 aromatic rings. The van der Waals surface area contributed by atoms with Crippen LogP contribution in [0.15, 0.2) is 36.7 Å². The third-order valence-corrected chi connectivity index (χ3v) is 7.30. The summed E-state index contributed by atoms with van der Waals surface area (Å²) in [5.41, 5.74) is 0.164. The summed E-state index contributed by atoms with van der Waals surface area (Å²) in [7, 11) is 3.13. The van der Waals surface area contributed by atoms with Crippen LogP contribution in [0.3, 0.4) is 0 Å². The molecule has 1 fully saturated rings. The van der Waals surface area contributed by atoms with Gasteiger partial charge in [0.25, 0.3) is 0 Å². The lowest BCUT2D eigenvalue weighted by Crippen LogP contribution is -2.50. The highest BCUT2D eigenvalue weighted by molar-refractivity contribution is 6.31. The van der Waals surface area contributed by atoms with Crippen molar-refractivity contribution in [2.24, 2.45) is 5.41 Å². The Morgan fingerprint density at radius 3 is 2.59 bits per heavy atom. The van der Waals surface area contributed by atoms with Gasteiger partial charge in [-0.05, 0) is 51.8 Å². The summed E-state index contributed by atoms with van der Waals surface area (Å²) in [5, 5.41) is 3.52. The van der Waals surface area contributed by atoms with Crippen molar-refractivity contribution in [3.8, 4) is 5.75 Å². The molecular weight excluding hydrogens is 553 g/mol. The van der Waals surface area contributed by atoms with Crippen LogP contribution in [-0.4, -0.2) is 73.4 Å². The molecule has 1 aromatic heterocycles. The Balaban J connectivity index is 1.64. The van der Waals surface area contributed by atoms with Crippen molar-refractivity contribution in [2.75, 3.05) is 50.7 Å². The number of ether oxygens (including phenoxy) is 3. The van der Waals surface area contributed by atoms with Gasteiger partial charge in [-0.15, -0.1) is 0 Å². The molecule has 4 rings (SSSR count). The largest absolute Gasteiger partial charge is 0.494 e. The zero-order valence-corrected chi connectivity index (χ0v) is 24.6. The molecule has 41 heavy (non-hydrogen) atoms. The van der Waals surface area contributed by atoms with E-state index in [1.54, 1.807) is 41.2 Å². The molecule has 0 bridgehead atoms. The number of amides is 2. The number of aromatic nitrogens is 2. The molecule has 0 aliphatic carbocycles. The van der Waals surface area contributed by atoms with Crippen molar-refractivity contribution < 1.29 is 28.2 Å². The zero-order valence-electron chi connectivity index (χ0n) is 23.9. The van der Waals surface area contributed by atoms with E-state index in [-0.39, 0.29) is 16.8 Å². The molecule has 220 valence electrons. The molecule has 12 heteroatoms. The zero-order chi connectivity index (χ0) is 29.8. The second kappa shape index (κ2) is 12.4. The summed E-state index contributed by atoms with van der Waals surface area (Å²) in [6.45, 7) is 7.13. The van der Waals surface area contributed by atoms with Crippen LogP contribution in [0, 0.1) is 11.2 Å². The Morgan fingerprint density at radius 2 is 1.95 bits per heavy atom. The summed E-state index contributed by atoms with van der Waals surface area (Å²) >= 11 is 5.96. The van der Waals surface area contributed by atoms with Gasteiger partial charge in [-0.25, -0.2) is 19.2 Å². The molecule has 0 radical (unpaired) electrons. The lowest BCUT2D eigenvalue weighted by atomic mass is 9.78. The van der Waals surface area contributed by atoms with Gasteiger partial charge in [0.05, 0.1) is 35.6 Å². The SMILES string of the molecule is COCC1(CN(C=O)c2cc3c(Nc4cccc(Cl)c4F)ncnc3cc2OC)CCN(C(=O)OC(C)(C)C)CC1. The van der Waals surface area contributed by atoms with E-state index in [0.29, 0.717) is 67.2 Å². The first-order valence-electron chi connectivity index (χ1n) is 13.2. The summed E-state index contributed by atoms with van der Waals surface area (Å²) in [6.07, 6.45) is 2.95. The van der Waals surface area contributed by atoms with Gasteiger partial charge in [0.1, 0.15) is 23.5 Å². The molecule has 1 aliphatic rings. The van der Waals surface area contributed by atoms with Crippen molar-refractivity contribution in [3.05, 3.63) is 47.5 Å². The molecular formula is C29H35ClFN5O5. The van der Waals surface area contributed by atoms with Gasteiger partial charge in [0.2, 0.25) is 6.41 Å². The standard InChI is InChI=1S/C29H35ClFN5O5/c1-28(2,3)41-27(38)35-11-9-29(10-12-35,16-39-4)15-36(18-37)23-13-19-22(14-24(23)40-5)32-17-33-26(19)34-21-8-6-7-20(30)25(21)31/h6-8,13-14,17-18H,9-12,15-16H2,1-5H3,(H,32,33,34). The van der Waals surface area contributed by atoms with Crippen molar-refractivity contribution in [1.82, 2.24) is 14.9 Å². The first-order valence-corrected chi connectivity index (χ1v) is 13.6. The van der Waals surface area contributed by atoms with Crippen LogP contribution in [0.2, 0.25) is 5.02 Å². The Labute approximate surface area is 243 Å². The van der Waals surface area contributed by atoms with Gasteiger partial charge in [-0.1, -0.05) is 17.7 Å². The van der Waals surface area contributed by atoms with E-state index in [0.717, 1.165) is 6.41 Å². The first-order chi connectivity index (χ1) is 19.5. The van der Waals surface area contributed by atoms with Crippen LogP contribution in [0.25, 0.3) is 10.9 Å². The van der Waals surface area contributed by atoms with E-state index >= 15 is 0 Å². The number of anilines is 3. The second-order valence-corrected chi connectivity index (χ2v) is 11.5. The van der Waals surface area contributed by atoms with E-state index in [9.17, 15) is 14.0 Å². The van der Waals surface area contributed by atoms with Crippen molar-refractivity contribution >= 4 is 52.2 Å². The quantitative estimate of drug-likeness (QED) is 0.313. The molecule has 2 aromatic carbocycles. The number of hydrogen-bond donors (Lipinski definition) is 1.